The average molecular weight is 277 g/mol. The Morgan fingerprint density at radius 3 is 2.45 bits per heavy atom. The fourth-order valence-electron chi connectivity index (χ4n) is 1.71. The lowest BCUT2D eigenvalue weighted by Gasteiger charge is -2.18. The lowest BCUT2D eigenvalue weighted by Crippen LogP contribution is -2.33. The molecule has 2 amide bonds. The number of carbonyl (C=O) groups is 2. The van der Waals surface area contributed by atoms with E-state index in [1.54, 1.807) is 13.1 Å². The standard InChI is InChI=1S/C15H23N3O2/c1-15(2,16)9-8-13(19)18-12-7-5-4-6-11(12)10-14(20)17-3/h4-7H,8-10,16H2,1-3H3,(H,17,20)(H,18,19). The summed E-state index contributed by atoms with van der Waals surface area (Å²) < 4.78 is 0. The van der Waals surface area contributed by atoms with Crippen molar-refractivity contribution in [2.75, 3.05) is 12.4 Å². The van der Waals surface area contributed by atoms with Gasteiger partial charge in [0, 0.05) is 24.7 Å². The first-order valence-electron chi connectivity index (χ1n) is 6.69. The lowest BCUT2D eigenvalue weighted by molar-refractivity contribution is -0.120. The number of benzene rings is 1. The minimum atomic E-state index is -0.362. The van der Waals surface area contributed by atoms with E-state index >= 15 is 0 Å². The van der Waals surface area contributed by atoms with Crippen molar-refractivity contribution < 1.29 is 9.59 Å². The van der Waals surface area contributed by atoms with Gasteiger partial charge < -0.3 is 16.4 Å². The number of hydrogen-bond donors (Lipinski definition) is 3. The second-order valence-corrected chi connectivity index (χ2v) is 5.54. The molecule has 1 aromatic carbocycles. The fraction of sp³-hybridized carbons (Fsp3) is 0.467. The molecule has 0 fully saturated rings. The number of rotatable bonds is 6. The molecule has 0 atom stereocenters. The summed E-state index contributed by atoms with van der Waals surface area (Å²) in [5.74, 6) is -0.178. The van der Waals surface area contributed by atoms with Crippen LogP contribution in [0.3, 0.4) is 0 Å². The molecule has 5 nitrogen and oxygen atoms in total. The van der Waals surface area contributed by atoms with Gasteiger partial charge in [0.1, 0.15) is 0 Å². The fourth-order valence-corrected chi connectivity index (χ4v) is 1.71. The van der Waals surface area contributed by atoms with Crippen LogP contribution in [0.15, 0.2) is 24.3 Å². The molecule has 20 heavy (non-hydrogen) atoms. The Hall–Kier alpha value is -1.88. The molecule has 1 aromatic rings. The molecule has 0 unspecified atom stereocenters. The van der Waals surface area contributed by atoms with Gasteiger partial charge in [0.25, 0.3) is 0 Å². The molecule has 1 rings (SSSR count). The first-order chi connectivity index (χ1) is 9.31. The van der Waals surface area contributed by atoms with E-state index in [1.165, 1.54) is 0 Å². The molecule has 0 bridgehead atoms. The van der Waals surface area contributed by atoms with Gasteiger partial charge in [-0.15, -0.1) is 0 Å². The van der Waals surface area contributed by atoms with E-state index in [0.29, 0.717) is 18.5 Å². The highest BCUT2D eigenvalue weighted by Gasteiger charge is 2.14. The second kappa shape index (κ2) is 7.05. The average Bonchev–Trinajstić information content (AvgIpc) is 2.38. The van der Waals surface area contributed by atoms with Crippen LogP contribution in [0.25, 0.3) is 0 Å². The second-order valence-electron chi connectivity index (χ2n) is 5.54. The van der Waals surface area contributed by atoms with Crippen LogP contribution < -0.4 is 16.4 Å². The third-order valence-electron chi connectivity index (χ3n) is 2.92. The van der Waals surface area contributed by atoms with Crippen LogP contribution in [0, 0.1) is 0 Å². The summed E-state index contributed by atoms with van der Waals surface area (Å²) in [6.07, 6.45) is 1.21. The maximum absolute atomic E-state index is 11.9. The van der Waals surface area contributed by atoms with Gasteiger partial charge in [0.15, 0.2) is 0 Å². The number of anilines is 1. The summed E-state index contributed by atoms with van der Waals surface area (Å²) in [6, 6.07) is 7.30. The summed E-state index contributed by atoms with van der Waals surface area (Å²) in [5.41, 5.74) is 6.97. The monoisotopic (exact) mass is 277 g/mol. The minimum Gasteiger partial charge on any atom is -0.359 e. The van der Waals surface area contributed by atoms with Crippen LogP contribution in [0.2, 0.25) is 0 Å². The minimum absolute atomic E-state index is 0.0882. The van der Waals surface area contributed by atoms with E-state index < -0.39 is 0 Å². The predicted molar refractivity (Wildman–Crippen MR) is 80.3 cm³/mol. The number of para-hydroxylation sites is 1. The highest BCUT2D eigenvalue weighted by atomic mass is 16.2. The quantitative estimate of drug-likeness (QED) is 0.735. The molecule has 0 heterocycles. The summed E-state index contributed by atoms with van der Waals surface area (Å²) in [4.78, 5) is 23.3. The van der Waals surface area contributed by atoms with Gasteiger partial charge in [-0.05, 0) is 31.9 Å². The van der Waals surface area contributed by atoms with Crippen molar-refractivity contribution >= 4 is 17.5 Å². The highest BCUT2D eigenvalue weighted by Crippen LogP contribution is 2.17. The number of nitrogens with one attached hydrogen (secondary N) is 2. The van der Waals surface area contributed by atoms with Crippen LogP contribution >= 0.6 is 0 Å². The van der Waals surface area contributed by atoms with Crippen LogP contribution in [0.1, 0.15) is 32.3 Å². The maximum atomic E-state index is 11.9. The van der Waals surface area contributed by atoms with Crippen molar-refractivity contribution in [2.24, 2.45) is 5.73 Å². The van der Waals surface area contributed by atoms with Gasteiger partial charge in [-0.1, -0.05) is 18.2 Å². The normalized spacial score (nSPS) is 11.0. The number of hydrogen-bond acceptors (Lipinski definition) is 3. The highest BCUT2D eigenvalue weighted by molar-refractivity contribution is 5.92. The maximum Gasteiger partial charge on any atom is 0.224 e. The van der Waals surface area contributed by atoms with Gasteiger partial charge in [-0.25, -0.2) is 0 Å². The topological polar surface area (TPSA) is 84.2 Å². The molecule has 5 heteroatoms. The van der Waals surface area contributed by atoms with Crippen LogP contribution in [0.5, 0.6) is 0 Å². The first kappa shape index (κ1) is 16.2. The number of likely N-dealkylation sites (N-methyl/N-ethyl adjacent to an activating group) is 1. The molecule has 4 N–H and O–H groups in total. The molecule has 0 aliphatic rings. The van der Waals surface area contributed by atoms with E-state index in [4.69, 9.17) is 5.73 Å². The van der Waals surface area contributed by atoms with E-state index in [1.807, 2.05) is 32.0 Å². The van der Waals surface area contributed by atoms with Crippen molar-refractivity contribution in [3.8, 4) is 0 Å². The third-order valence-corrected chi connectivity index (χ3v) is 2.92. The Bertz CT molecular complexity index is 478. The summed E-state index contributed by atoms with van der Waals surface area (Å²) in [6.45, 7) is 3.78. The van der Waals surface area contributed by atoms with Crippen molar-refractivity contribution in [3.63, 3.8) is 0 Å². The van der Waals surface area contributed by atoms with E-state index in [9.17, 15) is 9.59 Å². The Morgan fingerprint density at radius 2 is 1.85 bits per heavy atom. The predicted octanol–water partition coefficient (Wildman–Crippen LogP) is 1.43. The van der Waals surface area contributed by atoms with Crippen LogP contribution in [-0.2, 0) is 16.0 Å². The molecule has 0 saturated heterocycles. The van der Waals surface area contributed by atoms with E-state index in [0.717, 1.165) is 5.56 Å². The summed E-state index contributed by atoms with van der Waals surface area (Å²) >= 11 is 0. The molecule has 110 valence electrons. The Labute approximate surface area is 119 Å². The first-order valence-corrected chi connectivity index (χ1v) is 6.69. The summed E-state index contributed by atoms with van der Waals surface area (Å²) in [5, 5.41) is 5.41. The van der Waals surface area contributed by atoms with Crippen LogP contribution in [0.4, 0.5) is 5.69 Å². The van der Waals surface area contributed by atoms with Crippen molar-refractivity contribution in [3.05, 3.63) is 29.8 Å². The van der Waals surface area contributed by atoms with Crippen molar-refractivity contribution in [2.45, 2.75) is 38.6 Å². The smallest absolute Gasteiger partial charge is 0.224 e. The van der Waals surface area contributed by atoms with Crippen LogP contribution in [-0.4, -0.2) is 24.4 Å². The zero-order valence-corrected chi connectivity index (χ0v) is 12.3. The van der Waals surface area contributed by atoms with Crippen molar-refractivity contribution in [1.29, 1.82) is 0 Å². The molecule has 0 aromatic heterocycles. The molecule has 0 aliphatic heterocycles. The lowest BCUT2D eigenvalue weighted by atomic mass is 10.00. The Kier molecular flexibility index (Phi) is 5.70. The van der Waals surface area contributed by atoms with Crippen molar-refractivity contribution in [1.82, 2.24) is 5.32 Å². The van der Waals surface area contributed by atoms with E-state index in [2.05, 4.69) is 10.6 Å². The summed E-state index contributed by atoms with van der Waals surface area (Å²) in [7, 11) is 1.59. The zero-order chi connectivity index (χ0) is 15.2. The Balaban J connectivity index is 2.67. The van der Waals surface area contributed by atoms with Gasteiger partial charge in [-0.3, -0.25) is 9.59 Å². The zero-order valence-electron chi connectivity index (χ0n) is 12.3. The number of carbonyl (C=O) groups excluding carboxylic acids is 2. The molecule has 0 radical (unpaired) electrons. The third kappa shape index (κ3) is 5.84. The van der Waals surface area contributed by atoms with Gasteiger partial charge in [0.05, 0.1) is 6.42 Å². The Morgan fingerprint density at radius 1 is 1.20 bits per heavy atom. The molecule has 0 aliphatic carbocycles. The molecular formula is C15H23N3O2. The number of amides is 2. The SMILES string of the molecule is CNC(=O)Cc1ccccc1NC(=O)CCC(C)(C)N. The van der Waals surface area contributed by atoms with E-state index in [-0.39, 0.29) is 23.8 Å². The number of nitrogens with two attached hydrogens (primary N) is 1. The van der Waals surface area contributed by atoms with Gasteiger partial charge >= 0.3 is 0 Å². The van der Waals surface area contributed by atoms with Gasteiger partial charge in [-0.2, -0.15) is 0 Å². The molecular weight excluding hydrogens is 254 g/mol. The largest absolute Gasteiger partial charge is 0.359 e. The molecule has 0 spiro atoms. The van der Waals surface area contributed by atoms with Gasteiger partial charge in [0.2, 0.25) is 11.8 Å². The molecule has 0 saturated carbocycles.